The van der Waals surface area contributed by atoms with E-state index in [0.29, 0.717) is 5.06 Å². The zero-order valence-corrected chi connectivity index (χ0v) is 15.1. The molecule has 136 valence electrons. The van der Waals surface area contributed by atoms with Crippen molar-refractivity contribution in [3.63, 3.8) is 0 Å². The number of ether oxygens (including phenoxy) is 1. The van der Waals surface area contributed by atoms with E-state index in [1.165, 1.54) is 0 Å². The highest BCUT2D eigenvalue weighted by atomic mass is 16.5. The van der Waals surface area contributed by atoms with Crippen LogP contribution in [-0.2, 0) is 0 Å². The Morgan fingerprint density at radius 2 is 1.81 bits per heavy atom. The van der Waals surface area contributed by atoms with E-state index in [0.717, 1.165) is 33.2 Å². The lowest BCUT2D eigenvalue weighted by atomic mass is 10.0. The molecule has 3 aromatic carbocycles. The van der Waals surface area contributed by atoms with Gasteiger partial charge in [-0.3, -0.25) is 5.21 Å². The summed E-state index contributed by atoms with van der Waals surface area (Å²) in [6, 6.07) is 17.7. The first-order valence-corrected chi connectivity index (χ1v) is 8.46. The molecule has 0 aliphatic rings. The Morgan fingerprint density at radius 3 is 2.52 bits per heavy atom. The van der Waals surface area contributed by atoms with Crippen LogP contribution in [0.25, 0.3) is 10.8 Å². The first-order chi connectivity index (χ1) is 13.0. The van der Waals surface area contributed by atoms with Crippen molar-refractivity contribution < 1.29 is 14.7 Å². The third-order valence-electron chi connectivity index (χ3n) is 4.41. The lowest BCUT2D eigenvalue weighted by Crippen LogP contribution is -2.34. The fourth-order valence-electron chi connectivity index (χ4n) is 2.91. The fraction of sp³-hybridized carbons (Fsp3) is 0.136. The molecule has 0 aliphatic heterocycles. The SMILES string of the molecule is COc1ccc(C#Cc2cccc(C(C)N(O)C(N)=O)c2)c2ccccc12. The molecule has 3 aromatic rings. The van der Waals surface area contributed by atoms with Crippen LogP contribution in [0, 0.1) is 11.8 Å². The van der Waals surface area contributed by atoms with Gasteiger partial charge in [0.05, 0.1) is 13.2 Å². The third-order valence-corrected chi connectivity index (χ3v) is 4.41. The van der Waals surface area contributed by atoms with Crippen LogP contribution in [0.3, 0.4) is 0 Å². The molecule has 0 heterocycles. The van der Waals surface area contributed by atoms with Crippen LogP contribution < -0.4 is 10.5 Å². The maximum Gasteiger partial charge on any atom is 0.339 e. The van der Waals surface area contributed by atoms with E-state index in [9.17, 15) is 10.0 Å². The molecule has 0 fully saturated rings. The molecule has 27 heavy (non-hydrogen) atoms. The van der Waals surface area contributed by atoms with Crippen LogP contribution in [0.15, 0.2) is 60.7 Å². The van der Waals surface area contributed by atoms with Crippen molar-refractivity contribution in [2.45, 2.75) is 13.0 Å². The molecular weight excluding hydrogens is 340 g/mol. The van der Waals surface area contributed by atoms with Gasteiger partial charge in [-0.2, -0.15) is 5.06 Å². The maximum absolute atomic E-state index is 11.1. The molecule has 1 atom stereocenters. The molecule has 0 aromatic heterocycles. The highest BCUT2D eigenvalue weighted by Crippen LogP contribution is 2.28. The van der Waals surface area contributed by atoms with Crippen LogP contribution in [-0.4, -0.2) is 23.4 Å². The number of amides is 2. The summed E-state index contributed by atoms with van der Waals surface area (Å²) < 4.78 is 5.41. The fourth-order valence-corrected chi connectivity index (χ4v) is 2.91. The van der Waals surface area contributed by atoms with Crippen LogP contribution in [0.5, 0.6) is 5.75 Å². The number of hydrogen-bond donors (Lipinski definition) is 2. The van der Waals surface area contributed by atoms with Crippen molar-refractivity contribution >= 4 is 16.8 Å². The van der Waals surface area contributed by atoms with Crippen molar-refractivity contribution in [2.24, 2.45) is 5.73 Å². The summed E-state index contributed by atoms with van der Waals surface area (Å²) in [7, 11) is 1.65. The van der Waals surface area contributed by atoms with Gasteiger partial charge < -0.3 is 10.5 Å². The van der Waals surface area contributed by atoms with Gasteiger partial charge in [0.1, 0.15) is 5.75 Å². The predicted octanol–water partition coefficient (Wildman–Crippen LogP) is 4.08. The van der Waals surface area contributed by atoms with Crippen LogP contribution in [0.4, 0.5) is 4.79 Å². The summed E-state index contributed by atoms with van der Waals surface area (Å²) in [5, 5.41) is 12.3. The highest BCUT2D eigenvalue weighted by molar-refractivity contribution is 5.93. The van der Waals surface area contributed by atoms with Gasteiger partial charge in [0, 0.05) is 21.9 Å². The van der Waals surface area contributed by atoms with Gasteiger partial charge in [0.15, 0.2) is 0 Å². The molecule has 0 radical (unpaired) electrons. The molecule has 0 aliphatic carbocycles. The van der Waals surface area contributed by atoms with Gasteiger partial charge in [0.25, 0.3) is 0 Å². The monoisotopic (exact) mass is 360 g/mol. The minimum absolute atomic E-state index is 0.503. The molecule has 5 nitrogen and oxygen atoms in total. The number of nitrogens with two attached hydrogens (primary N) is 1. The Hall–Kier alpha value is -3.49. The summed E-state index contributed by atoms with van der Waals surface area (Å²) in [6.07, 6.45) is 0. The first kappa shape index (κ1) is 18.3. The van der Waals surface area contributed by atoms with E-state index in [1.807, 2.05) is 60.7 Å². The van der Waals surface area contributed by atoms with E-state index in [2.05, 4.69) is 11.8 Å². The summed E-state index contributed by atoms with van der Waals surface area (Å²) >= 11 is 0. The van der Waals surface area contributed by atoms with Gasteiger partial charge in [-0.05, 0) is 36.8 Å². The van der Waals surface area contributed by atoms with Gasteiger partial charge in [-0.1, -0.05) is 48.2 Å². The lowest BCUT2D eigenvalue weighted by molar-refractivity contribution is -0.0710. The molecule has 2 amide bonds. The molecule has 0 bridgehead atoms. The van der Waals surface area contributed by atoms with Gasteiger partial charge in [0.2, 0.25) is 0 Å². The Bertz CT molecular complexity index is 1050. The second-order valence-electron chi connectivity index (χ2n) is 6.10. The van der Waals surface area contributed by atoms with Crippen molar-refractivity contribution in [2.75, 3.05) is 7.11 Å². The zero-order chi connectivity index (χ0) is 19.4. The summed E-state index contributed by atoms with van der Waals surface area (Å²) in [5.41, 5.74) is 7.53. The smallest absolute Gasteiger partial charge is 0.339 e. The van der Waals surface area contributed by atoms with E-state index in [4.69, 9.17) is 10.5 Å². The molecule has 3 rings (SSSR count). The largest absolute Gasteiger partial charge is 0.496 e. The highest BCUT2D eigenvalue weighted by Gasteiger charge is 2.17. The predicted molar refractivity (Wildman–Crippen MR) is 105 cm³/mol. The Morgan fingerprint density at radius 1 is 1.07 bits per heavy atom. The summed E-state index contributed by atoms with van der Waals surface area (Å²) in [6.45, 7) is 1.69. The number of rotatable bonds is 3. The van der Waals surface area contributed by atoms with Crippen LogP contribution >= 0.6 is 0 Å². The van der Waals surface area contributed by atoms with Crippen LogP contribution in [0.1, 0.15) is 29.7 Å². The minimum atomic E-state index is -0.899. The lowest BCUT2D eigenvalue weighted by Gasteiger charge is -2.20. The molecule has 1 unspecified atom stereocenters. The average Bonchev–Trinajstić information content (AvgIpc) is 2.71. The number of hydroxylamine groups is 2. The third kappa shape index (κ3) is 3.86. The number of benzene rings is 3. The number of nitrogens with zero attached hydrogens (tertiary/aromatic N) is 1. The number of fused-ring (bicyclic) bond motifs is 1. The number of hydrogen-bond acceptors (Lipinski definition) is 3. The van der Waals surface area contributed by atoms with E-state index < -0.39 is 12.1 Å². The summed E-state index contributed by atoms with van der Waals surface area (Å²) in [4.78, 5) is 11.1. The number of primary amides is 1. The van der Waals surface area contributed by atoms with Crippen LogP contribution in [0.2, 0.25) is 0 Å². The van der Waals surface area contributed by atoms with Crippen molar-refractivity contribution in [3.05, 3.63) is 77.4 Å². The second kappa shape index (κ2) is 7.81. The molecule has 0 saturated carbocycles. The van der Waals surface area contributed by atoms with Crippen molar-refractivity contribution in [3.8, 4) is 17.6 Å². The topological polar surface area (TPSA) is 75.8 Å². The number of urea groups is 1. The first-order valence-electron chi connectivity index (χ1n) is 8.46. The van der Waals surface area contributed by atoms with Gasteiger partial charge in [-0.25, -0.2) is 4.79 Å². The van der Waals surface area contributed by atoms with Crippen molar-refractivity contribution in [1.29, 1.82) is 0 Å². The van der Waals surface area contributed by atoms with E-state index in [-0.39, 0.29) is 0 Å². The molecule has 0 saturated heterocycles. The van der Waals surface area contributed by atoms with Crippen molar-refractivity contribution in [1.82, 2.24) is 5.06 Å². The molecule has 5 heteroatoms. The summed E-state index contributed by atoms with van der Waals surface area (Å²) in [5.74, 6) is 7.15. The maximum atomic E-state index is 11.1. The van der Waals surface area contributed by atoms with E-state index >= 15 is 0 Å². The quantitative estimate of drug-likeness (QED) is 0.420. The molecule has 0 spiro atoms. The standard InChI is InChI=1S/C22H20N2O3/c1-15(24(26)22(23)25)18-7-5-6-16(14-18)10-11-17-12-13-21(27-2)20-9-4-3-8-19(17)20/h3-9,12-15,26H,1-2H3,(H2,23,25). The van der Waals surface area contributed by atoms with E-state index in [1.54, 1.807) is 14.0 Å². The minimum Gasteiger partial charge on any atom is -0.496 e. The Balaban J connectivity index is 1.97. The number of carbonyl (C=O) groups is 1. The Kier molecular flexibility index (Phi) is 5.30. The molecular formula is C22H20N2O3. The Labute approximate surface area is 157 Å². The van der Waals surface area contributed by atoms with Gasteiger partial charge >= 0.3 is 6.03 Å². The second-order valence-corrected chi connectivity index (χ2v) is 6.10. The molecule has 3 N–H and O–H groups in total. The normalized spacial score (nSPS) is 11.4. The average molecular weight is 360 g/mol. The number of carbonyl (C=O) groups excluding carboxylic acids is 1. The number of methoxy groups -OCH3 is 1. The van der Waals surface area contributed by atoms with Gasteiger partial charge in [-0.15, -0.1) is 0 Å². The zero-order valence-electron chi connectivity index (χ0n) is 15.1.